The number of anilines is 1. The summed E-state index contributed by atoms with van der Waals surface area (Å²) in [5.41, 5.74) is 3.34. The topological polar surface area (TPSA) is 50.1 Å². The molecule has 1 fully saturated rings. The molecule has 178 valence electrons. The lowest BCUT2D eigenvalue weighted by Gasteiger charge is -2.41. The number of nitrogens with zero attached hydrogens (tertiary/aromatic N) is 6. The molecule has 1 saturated heterocycles. The van der Waals surface area contributed by atoms with Gasteiger partial charge in [-0.25, -0.2) is 14.6 Å². The summed E-state index contributed by atoms with van der Waals surface area (Å²) in [6.45, 7) is 11.4. The van der Waals surface area contributed by atoms with Crippen LogP contribution in [0.25, 0.3) is 11.3 Å². The molecule has 1 aliphatic rings. The predicted octanol–water partition coefficient (Wildman–Crippen LogP) is 4.85. The first-order valence-electron chi connectivity index (χ1n) is 11.1. The molecule has 0 spiro atoms. The molecule has 0 amide bonds. The van der Waals surface area contributed by atoms with Crippen molar-refractivity contribution in [2.45, 2.75) is 26.1 Å². The number of alkyl halides is 3. The number of halogens is 3. The van der Waals surface area contributed by atoms with E-state index in [1.54, 1.807) is 11.0 Å². The maximum absolute atomic E-state index is 12.8. The van der Waals surface area contributed by atoms with E-state index in [1.807, 2.05) is 31.2 Å². The average molecular weight is 469 g/mol. The predicted molar refractivity (Wildman–Crippen MR) is 127 cm³/mol. The first-order chi connectivity index (χ1) is 16.3. The molecule has 3 heterocycles. The highest BCUT2D eigenvalue weighted by molar-refractivity contribution is 5.78. The Morgan fingerprint density at radius 3 is 2.47 bits per heavy atom. The molecule has 34 heavy (non-hydrogen) atoms. The fraction of sp³-hybridized carbons (Fsp3) is 0.320. The van der Waals surface area contributed by atoms with Crippen molar-refractivity contribution in [2.75, 3.05) is 31.1 Å². The molecular weight excluding hydrogens is 441 g/mol. The Labute approximate surface area is 197 Å². The van der Waals surface area contributed by atoms with Gasteiger partial charge in [0, 0.05) is 38.4 Å². The van der Waals surface area contributed by atoms with Crippen LogP contribution in [0.3, 0.4) is 0 Å². The van der Waals surface area contributed by atoms with Crippen molar-refractivity contribution in [1.29, 1.82) is 0 Å². The molecule has 6 nitrogen and oxygen atoms in total. The van der Waals surface area contributed by atoms with Gasteiger partial charge in [0.2, 0.25) is 0 Å². The Morgan fingerprint density at radius 1 is 1.15 bits per heavy atom. The van der Waals surface area contributed by atoms with Crippen molar-refractivity contribution in [2.24, 2.45) is 0 Å². The summed E-state index contributed by atoms with van der Waals surface area (Å²) in [6.07, 6.45) is 1.77. The maximum Gasteiger partial charge on any atom is 0.417 e. The number of pyridine rings is 1. The summed E-state index contributed by atoms with van der Waals surface area (Å²) in [7, 11) is 0. The second-order valence-corrected chi connectivity index (χ2v) is 8.36. The van der Waals surface area contributed by atoms with E-state index in [0.29, 0.717) is 12.4 Å². The van der Waals surface area contributed by atoms with Gasteiger partial charge in [-0.15, -0.1) is 0 Å². The molecule has 0 N–H and O–H groups in total. The zero-order valence-electron chi connectivity index (χ0n) is 19.2. The lowest BCUT2D eigenvalue weighted by atomic mass is 9.98. The maximum atomic E-state index is 12.8. The SMILES string of the molecule is C=C(/C(=C\C)CN1CCN(c2ccc(C(F)(F)F)cn2)[C@H](C)C1)c1ccc(-n2cncn2)cc1. The van der Waals surface area contributed by atoms with Gasteiger partial charge in [0.05, 0.1) is 11.3 Å². The number of aromatic nitrogens is 4. The van der Waals surface area contributed by atoms with Crippen LogP contribution in [0.1, 0.15) is 25.0 Å². The van der Waals surface area contributed by atoms with Crippen LogP contribution in [-0.2, 0) is 6.18 Å². The zero-order chi connectivity index (χ0) is 24.3. The molecule has 4 rings (SSSR count). The third-order valence-corrected chi connectivity index (χ3v) is 6.11. The fourth-order valence-electron chi connectivity index (χ4n) is 4.18. The van der Waals surface area contributed by atoms with Crippen LogP contribution in [0, 0.1) is 0 Å². The molecule has 0 bridgehead atoms. The van der Waals surface area contributed by atoms with Crippen LogP contribution in [0.15, 0.2) is 73.5 Å². The molecule has 2 aromatic heterocycles. The molecule has 3 aromatic rings. The number of rotatable bonds is 6. The van der Waals surface area contributed by atoms with Gasteiger partial charge in [-0.05, 0) is 54.8 Å². The lowest BCUT2D eigenvalue weighted by Crippen LogP contribution is -2.52. The second kappa shape index (κ2) is 9.80. The van der Waals surface area contributed by atoms with Gasteiger partial charge in [-0.3, -0.25) is 4.90 Å². The van der Waals surface area contributed by atoms with E-state index in [4.69, 9.17) is 0 Å². The minimum absolute atomic E-state index is 0.117. The summed E-state index contributed by atoms with van der Waals surface area (Å²) >= 11 is 0. The fourth-order valence-corrected chi connectivity index (χ4v) is 4.18. The Kier molecular flexibility index (Phi) is 6.83. The van der Waals surface area contributed by atoms with Crippen LogP contribution in [-0.4, -0.2) is 56.9 Å². The number of allylic oxidation sites excluding steroid dienone is 1. The van der Waals surface area contributed by atoms with Crippen LogP contribution >= 0.6 is 0 Å². The first kappa shape index (κ1) is 23.7. The van der Waals surface area contributed by atoms with E-state index < -0.39 is 11.7 Å². The monoisotopic (exact) mass is 468 g/mol. The van der Waals surface area contributed by atoms with Crippen molar-refractivity contribution in [3.63, 3.8) is 0 Å². The minimum atomic E-state index is -4.38. The third-order valence-electron chi connectivity index (χ3n) is 6.11. The van der Waals surface area contributed by atoms with Crippen molar-refractivity contribution in [1.82, 2.24) is 24.6 Å². The van der Waals surface area contributed by atoms with Gasteiger partial charge in [-0.2, -0.15) is 18.3 Å². The number of hydrogen-bond donors (Lipinski definition) is 0. The Balaban J connectivity index is 1.37. The summed E-state index contributed by atoms with van der Waals surface area (Å²) in [5.74, 6) is 0.572. The zero-order valence-corrected chi connectivity index (χ0v) is 19.2. The van der Waals surface area contributed by atoms with Crippen LogP contribution in [0.5, 0.6) is 0 Å². The van der Waals surface area contributed by atoms with E-state index in [1.165, 1.54) is 12.4 Å². The lowest BCUT2D eigenvalue weighted by molar-refractivity contribution is -0.137. The normalized spacial score (nSPS) is 17.7. The summed E-state index contributed by atoms with van der Waals surface area (Å²) in [5, 5.41) is 4.15. The molecule has 1 aliphatic heterocycles. The van der Waals surface area contributed by atoms with E-state index in [0.717, 1.165) is 54.3 Å². The molecule has 0 aliphatic carbocycles. The van der Waals surface area contributed by atoms with E-state index in [9.17, 15) is 13.2 Å². The molecular formula is C25H27F3N6. The van der Waals surface area contributed by atoms with E-state index in [2.05, 4.69) is 44.4 Å². The molecule has 0 saturated carbocycles. The molecule has 0 unspecified atom stereocenters. The minimum Gasteiger partial charge on any atom is -0.351 e. The molecule has 0 radical (unpaired) electrons. The van der Waals surface area contributed by atoms with Crippen LogP contribution < -0.4 is 4.90 Å². The Bertz CT molecular complexity index is 1130. The first-order valence-corrected chi connectivity index (χ1v) is 11.1. The van der Waals surface area contributed by atoms with Gasteiger partial charge >= 0.3 is 6.18 Å². The van der Waals surface area contributed by atoms with Gasteiger partial charge in [0.1, 0.15) is 18.5 Å². The summed E-state index contributed by atoms with van der Waals surface area (Å²) in [4.78, 5) is 12.4. The Morgan fingerprint density at radius 2 is 1.91 bits per heavy atom. The van der Waals surface area contributed by atoms with Crippen LogP contribution in [0.4, 0.5) is 19.0 Å². The van der Waals surface area contributed by atoms with Crippen molar-refractivity contribution >= 4 is 11.4 Å². The average Bonchev–Trinajstić information content (AvgIpc) is 3.37. The van der Waals surface area contributed by atoms with Crippen molar-refractivity contribution in [3.8, 4) is 5.69 Å². The van der Waals surface area contributed by atoms with Crippen molar-refractivity contribution < 1.29 is 13.2 Å². The van der Waals surface area contributed by atoms with Gasteiger partial charge in [0.15, 0.2) is 0 Å². The summed E-state index contributed by atoms with van der Waals surface area (Å²) < 4.78 is 40.2. The van der Waals surface area contributed by atoms with Gasteiger partial charge in [-0.1, -0.05) is 24.8 Å². The van der Waals surface area contributed by atoms with Gasteiger partial charge < -0.3 is 4.90 Å². The van der Waals surface area contributed by atoms with E-state index >= 15 is 0 Å². The second-order valence-electron chi connectivity index (χ2n) is 8.36. The molecule has 9 heteroatoms. The standard InChI is InChI=1S/C25H27F3N6/c1-4-20(19(3)21-5-8-23(9-6-21)34-17-29-16-31-34)15-32-11-12-33(18(2)14-32)24-10-7-22(13-30-24)25(26,27)28/h4-10,13,16-18H,3,11-12,14-15H2,1-2H3/b20-4-/t18-/m1/s1. The third kappa shape index (κ3) is 5.20. The van der Waals surface area contributed by atoms with E-state index in [-0.39, 0.29) is 6.04 Å². The highest BCUT2D eigenvalue weighted by Gasteiger charge is 2.31. The number of piperazine rings is 1. The highest BCUT2D eigenvalue weighted by atomic mass is 19.4. The quantitative estimate of drug-likeness (QED) is 0.484. The van der Waals surface area contributed by atoms with Gasteiger partial charge in [0.25, 0.3) is 0 Å². The number of benzene rings is 1. The molecule has 1 atom stereocenters. The molecule has 1 aromatic carbocycles. The highest BCUT2D eigenvalue weighted by Crippen LogP contribution is 2.30. The Hall–Kier alpha value is -3.46. The smallest absolute Gasteiger partial charge is 0.351 e. The number of hydrogen-bond acceptors (Lipinski definition) is 5. The van der Waals surface area contributed by atoms with Crippen LogP contribution in [0.2, 0.25) is 0 Å². The van der Waals surface area contributed by atoms with Crippen molar-refractivity contribution in [3.05, 3.63) is 84.6 Å². The largest absolute Gasteiger partial charge is 0.417 e. The summed E-state index contributed by atoms with van der Waals surface area (Å²) in [6, 6.07) is 10.7.